The first-order chi connectivity index (χ1) is 38.8. The van der Waals surface area contributed by atoms with Crippen LogP contribution in [0.25, 0.3) is 21.8 Å². The molecule has 20 nitrogen and oxygen atoms in total. The standard InChI is InChI=1S/C60H68N10O10S/c1-35(71)51(57(77)67-49(58(78)79)29-38-21-11-6-12-22-38)69-59(80)60(2,3)70-56(76)48(31-40-33-63-45-26-16-14-24-42(40)45)66-54(74)47(30-39-32-62-44-25-15-13-23-41(39)44)65-53(73)46(28-37-19-9-5-10-20-37)64-55(75)50(34-81)68-52(72)43(61)27-36-17-7-4-8-18-36/h4-26,32-33,35,43,46-51,62-63,71,81H,27-31,34,61H2,1-3H3,(H,64,75)(H,65,73)(H,66,74)(H,67,77)(H,68,72)(H,69,80)(H,70,76)(H,78,79)/t35-,43-,46+,47+,48-,49+,50+,51+/m1/s1. The van der Waals surface area contributed by atoms with E-state index >= 15 is 4.79 Å². The van der Waals surface area contributed by atoms with E-state index in [0.717, 1.165) is 27.4 Å². The first-order valence-corrected chi connectivity index (χ1v) is 27.1. The number of hydrogen-bond donors (Lipinski definition) is 13. The van der Waals surface area contributed by atoms with Gasteiger partial charge in [0, 0.05) is 65.6 Å². The summed E-state index contributed by atoms with van der Waals surface area (Å²) in [6.45, 7) is 3.94. The van der Waals surface area contributed by atoms with Crippen molar-refractivity contribution >= 4 is 81.8 Å². The monoisotopic (exact) mass is 1120 g/mol. The van der Waals surface area contributed by atoms with Gasteiger partial charge in [0.15, 0.2) is 0 Å². The lowest BCUT2D eigenvalue weighted by Crippen LogP contribution is -2.64. The minimum Gasteiger partial charge on any atom is -0.480 e. The Morgan fingerprint density at radius 3 is 1.33 bits per heavy atom. The predicted molar refractivity (Wildman–Crippen MR) is 309 cm³/mol. The zero-order valence-electron chi connectivity index (χ0n) is 45.0. The van der Waals surface area contributed by atoms with E-state index in [0.29, 0.717) is 22.3 Å². The largest absolute Gasteiger partial charge is 0.480 e. The molecule has 7 aromatic rings. The van der Waals surface area contributed by atoms with Crippen LogP contribution in [0.4, 0.5) is 0 Å². The number of aliphatic hydroxyl groups excluding tert-OH is 1. The third-order valence-electron chi connectivity index (χ3n) is 13.8. The summed E-state index contributed by atoms with van der Waals surface area (Å²) in [5.74, 6) is -7.23. The Hall–Kier alpha value is -8.79. The second kappa shape index (κ2) is 27.9. The molecule has 0 aliphatic carbocycles. The quantitative estimate of drug-likeness (QED) is 0.0332. The number of aliphatic carboxylic acids is 1. The topological polar surface area (TPSA) is 319 Å². The predicted octanol–water partition coefficient (Wildman–Crippen LogP) is 2.69. The molecule has 81 heavy (non-hydrogen) atoms. The number of carboxylic acids is 1. The van der Waals surface area contributed by atoms with Crippen LogP contribution in [0.2, 0.25) is 0 Å². The van der Waals surface area contributed by atoms with Crippen LogP contribution >= 0.6 is 12.6 Å². The number of thiol groups is 1. The molecule has 0 saturated carbocycles. The van der Waals surface area contributed by atoms with Gasteiger partial charge in [-0.05, 0) is 67.1 Å². The number of H-pyrrole nitrogens is 2. The van der Waals surface area contributed by atoms with Gasteiger partial charge in [0.1, 0.15) is 41.8 Å². The first kappa shape index (κ1) is 59.9. The molecule has 7 rings (SSSR count). The first-order valence-electron chi connectivity index (χ1n) is 26.4. The lowest BCUT2D eigenvalue weighted by molar-refractivity contribution is -0.143. The second-order valence-electron chi connectivity index (χ2n) is 20.4. The van der Waals surface area contributed by atoms with Crippen LogP contribution in [-0.2, 0) is 70.5 Å². The fraction of sp³-hybridized carbons (Fsp3) is 0.300. The summed E-state index contributed by atoms with van der Waals surface area (Å²) in [7, 11) is 0. The van der Waals surface area contributed by atoms with Crippen molar-refractivity contribution in [1.82, 2.24) is 47.2 Å². The number of para-hydroxylation sites is 2. The number of carbonyl (C=O) groups is 8. The Labute approximate surface area is 473 Å². The Balaban J connectivity index is 1.14. The molecule has 2 aromatic heterocycles. The van der Waals surface area contributed by atoms with Crippen LogP contribution in [-0.4, -0.2) is 127 Å². The molecule has 2 heterocycles. The highest BCUT2D eigenvalue weighted by molar-refractivity contribution is 7.80. The highest BCUT2D eigenvalue weighted by atomic mass is 32.1. The van der Waals surface area contributed by atoms with Gasteiger partial charge in [-0.2, -0.15) is 12.6 Å². The Kier molecular flexibility index (Phi) is 20.6. The second-order valence-corrected chi connectivity index (χ2v) is 20.8. The molecule has 424 valence electrons. The molecule has 8 atom stereocenters. The van der Waals surface area contributed by atoms with Crippen molar-refractivity contribution in [2.45, 2.75) is 107 Å². The van der Waals surface area contributed by atoms with Gasteiger partial charge in [0.2, 0.25) is 41.4 Å². The Bertz CT molecular complexity index is 3320. The Morgan fingerprint density at radius 2 is 0.877 bits per heavy atom. The molecule has 0 saturated heterocycles. The van der Waals surface area contributed by atoms with Gasteiger partial charge >= 0.3 is 5.97 Å². The number of fused-ring (bicyclic) bond motifs is 2. The van der Waals surface area contributed by atoms with E-state index in [2.05, 4.69) is 59.8 Å². The van der Waals surface area contributed by atoms with Crippen LogP contribution in [0, 0.1) is 0 Å². The third kappa shape index (κ3) is 16.4. The number of nitrogens with one attached hydrogen (secondary N) is 9. The van der Waals surface area contributed by atoms with Crippen molar-refractivity contribution in [2.24, 2.45) is 5.73 Å². The van der Waals surface area contributed by atoms with E-state index in [-0.39, 0.29) is 37.9 Å². The Morgan fingerprint density at radius 1 is 0.494 bits per heavy atom. The van der Waals surface area contributed by atoms with Crippen molar-refractivity contribution < 1.29 is 48.6 Å². The molecule has 0 radical (unpaired) electrons. The lowest BCUT2D eigenvalue weighted by Gasteiger charge is -2.31. The zero-order chi connectivity index (χ0) is 58.2. The average molecular weight is 1120 g/mol. The minimum absolute atomic E-state index is 0.0469. The van der Waals surface area contributed by atoms with Crippen molar-refractivity contribution in [2.75, 3.05) is 5.75 Å². The van der Waals surface area contributed by atoms with Crippen molar-refractivity contribution in [1.29, 1.82) is 0 Å². The van der Waals surface area contributed by atoms with Crippen LogP contribution in [0.1, 0.15) is 48.6 Å². The van der Waals surface area contributed by atoms with Crippen molar-refractivity contribution in [3.05, 3.63) is 180 Å². The number of rotatable bonds is 27. The number of amides is 7. The highest BCUT2D eigenvalue weighted by Crippen LogP contribution is 2.22. The number of aromatic amines is 2. The van der Waals surface area contributed by atoms with Crippen LogP contribution in [0.3, 0.4) is 0 Å². The summed E-state index contributed by atoms with van der Waals surface area (Å²) in [6.07, 6.45) is 1.67. The van der Waals surface area contributed by atoms with Gasteiger partial charge in [-0.1, -0.05) is 127 Å². The number of aromatic nitrogens is 2. The highest BCUT2D eigenvalue weighted by Gasteiger charge is 2.39. The number of nitrogens with two attached hydrogens (primary N) is 1. The summed E-state index contributed by atoms with van der Waals surface area (Å²) in [5.41, 5.74) is 9.22. The number of benzene rings is 5. The van der Waals surface area contributed by atoms with Crippen molar-refractivity contribution in [3.63, 3.8) is 0 Å². The molecular weight excluding hydrogens is 1050 g/mol. The normalized spacial score (nSPS) is 14.4. The van der Waals surface area contributed by atoms with Gasteiger partial charge in [0.05, 0.1) is 12.1 Å². The maximum Gasteiger partial charge on any atom is 0.326 e. The molecule has 0 aliphatic heterocycles. The molecule has 0 bridgehead atoms. The van der Waals surface area contributed by atoms with Crippen molar-refractivity contribution in [3.8, 4) is 0 Å². The van der Waals surface area contributed by atoms with Gasteiger partial charge in [-0.25, -0.2) is 4.79 Å². The molecule has 0 aliphatic rings. The van der Waals surface area contributed by atoms with Gasteiger partial charge in [-0.3, -0.25) is 33.6 Å². The fourth-order valence-electron chi connectivity index (χ4n) is 9.26. The fourth-order valence-corrected chi connectivity index (χ4v) is 9.52. The maximum atomic E-state index is 15.1. The smallest absolute Gasteiger partial charge is 0.326 e. The molecule has 21 heteroatoms. The van der Waals surface area contributed by atoms with E-state index in [4.69, 9.17) is 5.73 Å². The lowest BCUT2D eigenvalue weighted by atomic mass is 9.98. The molecule has 5 aromatic carbocycles. The molecule has 0 fully saturated rings. The third-order valence-corrected chi connectivity index (χ3v) is 14.1. The van der Waals surface area contributed by atoms with E-state index in [1.54, 1.807) is 79.1 Å². The summed E-state index contributed by atoms with van der Waals surface area (Å²) >= 11 is 4.36. The minimum atomic E-state index is -1.85. The van der Waals surface area contributed by atoms with E-state index in [1.807, 2.05) is 72.8 Å². The van der Waals surface area contributed by atoms with E-state index < -0.39 is 101 Å². The zero-order valence-corrected chi connectivity index (χ0v) is 45.9. The van der Waals surface area contributed by atoms with Gasteiger partial charge < -0.3 is 63.1 Å². The molecule has 7 amide bonds. The molecule has 13 N–H and O–H groups in total. The summed E-state index contributed by atoms with van der Waals surface area (Å²) in [5, 5.41) is 40.9. The number of carbonyl (C=O) groups excluding carboxylic acids is 7. The summed E-state index contributed by atoms with van der Waals surface area (Å²) < 4.78 is 0. The molecule has 0 unspecified atom stereocenters. The van der Waals surface area contributed by atoms with E-state index in [9.17, 15) is 43.8 Å². The molecular formula is C60H68N10O10S. The SMILES string of the molecule is C[C@@H](O)[C@H](NC(=O)C(C)(C)NC(=O)[C@@H](Cc1c[nH]c2ccccc12)NC(=O)[C@H](Cc1c[nH]c2ccccc12)NC(=O)[C@H](Cc1ccccc1)NC(=O)[C@H](CS)NC(=O)[C@H](N)Cc1ccccc1)C(=O)N[C@@H](Cc1ccccc1)C(=O)O. The maximum absolute atomic E-state index is 15.1. The number of hydrogen-bond acceptors (Lipinski definition) is 11. The van der Waals surface area contributed by atoms with E-state index in [1.165, 1.54) is 20.8 Å². The summed E-state index contributed by atoms with van der Waals surface area (Å²) in [6, 6.07) is 31.7. The number of carboxylic acid groups (broad SMARTS) is 1. The molecule has 0 spiro atoms. The average Bonchev–Trinajstić information content (AvgIpc) is 4.08. The number of aliphatic hydroxyl groups is 1. The van der Waals surface area contributed by atoms with Crippen LogP contribution < -0.4 is 43.0 Å². The van der Waals surface area contributed by atoms with Gasteiger partial charge in [0.25, 0.3) is 0 Å². The van der Waals surface area contributed by atoms with Crippen LogP contribution in [0.15, 0.2) is 152 Å². The van der Waals surface area contributed by atoms with Crippen LogP contribution in [0.5, 0.6) is 0 Å². The summed E-state index contributed by atoms with van der Waals surface area (Å²) in [4.78, 5) is 118. The van der Waals surface area contributed by atoms with Gasteiger partial charge in [-0.15, -0.1) is 0 Å².